The molecule has 0 spiro atoms. The molecule has 5 N–H and O–H groups in total. The Bertz CT molecular complexity index is 638. The lowest BCUT2D eigenvalue weighted by Crippen LogP contribution is -2.16. The largest absolute Gasteiger partial charge is 0.397 e. The monoisotopic (exact) mass is 293 g/mol. The van der Waals surface area contributed by atoms with E-state index in [-0.39, 0.29) is 17.2 Å². The van der Waals surface area contributed by atoms with Gasteiger partial charge in [-0.2, -0.15) is 0 Å². The second-order valence-electron chi connectivity index (χ2n) is 3.85. The number of primary sulfonamides is 1. The standard InChI is InChI=1S/C9H15N3O4S2/c1-17(13,14)5-4-12-9-6-7(18(11,15)16)2-3-8(9)10/h2-3,6,12H,4-5,10H2,1H3,(H2,11,15,16). The molecule has 18 heavy (non-hydrogen) atoms. The van der Waals surface area contributed by atoms with E-state index in [2.05, 4.69) is 5.32 Å². The maximum atomic E-state index is 11.1. The normalized spacial score (nSPS) is 12.3. The van der Waals surface area contributed by atoms with E-state index < -0.39 is 19.9 Å². The fraction of sp³-hybridized carbons (Fsp3) is 0.333. The van der Waals surface area contributed by atoms with E-state index in [4.69, 9.17) is 10.9 Å². The summed E-state index contributed by atoms with van der Waals surface area (Å²) in [7, 11) is -6.90. The van der Waals surface area contributed by atoms with E-state index in [0.29, 0.717) is 11.4 Å². The van der Waals surface area contributed by atoms with Crippen molar-refractivity contribution in [3.63, 3.8) is 0 Å². The van der Waals surface area contributed by atoms with Crippen molar-refractivity contribution in [2.45, 2.75) is 4.90 Å². The Morgan fingerprint density at radius 3 is 2.33 bits per heavy atom. The minimum absolute atomic E-state index is 0.0773. The lowest BCUT2D eigenvalue weighted by Gasteiger charge is -2.10. The minimum atomic E-state index is -3.81. The highest BCUT2D eigenvalue weighted by atomic mass is 32.2. The molecule has 0 fully saturated rings. The van der Waals surface area contributed by atoms with Crippen molar-refractivity contribution in [2.75, 3.05) is 29.6 Å². The van der Waals surface area contributed by atoms with Gasteiger partial charge in [0.2, 0.25) is 10.0 Å². The summed E-state index contributed by atoms with van der Waals surface area (Å²) in [6, 6.07) is 3.95. The molecule has 0 amide bonds. The number of hydrogen-bond acceptors (Lipinski definition) is 6. The maximum absolute atomic E-state index is 11.1. The van der Waals surface area contributed by atoms with E-state index in [0.717, 1.165) is 6.26 Å². The van der Waals surface area contributed by atoms with Crippen LogP contribution in [0.25, 0.3) is 0 Å². The van der Waals surface area contributed by atoms with Crippen LogP contribution in [0.2, 0.25) is 0 Å². The molecule has 0 aliphatic rings. The molecule has 0 atom stereocenters. The van der Waals surface area contributed by atoms with Crippen molar-refractivity contribution >= 4 is 31.2 Å². The highest BCUT2D eigenvalue weighted by Gasteiger charge is 2.10. The van der Waals surface area contributed by atoms with E-state index in [1.165, 1.54) is 18.2 Å². The lowest BCUT2D eigenvalue weighted by molar-refractivity contribution is 0.597. The van der Waals surface area contributed by atoms with Crippen LogP contribution < -0.4 is 16.2 Å². The van der Waals surface area contributed by atoms with Crippen LogP contribution >= 0.6 is 0 Å². The number of benzene rings is 1. The summed E-state index contributed by atoms with van der Waals surface area (Å²) in [6.07, 6.45) is 1.11. The van der Waals surface area contributed by atoms with Crippen molar-refractivity contribution in [1.29, 1.82) is 0 Å². The van der Waals surface area contributed by atoms with Gasteiger partial charge in [-0.05, 0) is 18.2 Å². The highest BCUT2D eigenvalue weighted by molar-refractivity contribution is 7.90. The van der Waals surface area contributed by atoms with E-state index in [1.54, 1.807) is 0 Å². The topological polar surface area (TPSA) is 132 Å². The van der Waals surface area contributed by atoms with Crippen molar-refractivity contribution in [1.82, 2.24) is 0 Å². The Kier molecular flexibility index (Phi) is 4.20. The quantitative estimate of drug-likeness (QED) is 0.619. The smallest absolute Gasteiger partial charge is 0.238 e. The van der Waals surface area contributed by atoms with Crippen LogP contribution in [-0.2, 0) is 19.9 Å². The summed E-state index contributed by atoms with van der Waals surface area (Å²) in [4.78, 5) is -0.0847. The molecule has 1 aromatic carbocycles. The van der Waals surface area contributed by atoms with Gasteiger partial charge in [0, 0.05) is 12.8 Å². The van der Waals surface area contributed by atoms with Gasteiger partial charge in [0.25, 0.3) is 0 Å². The molecule has 7 nitrogen and oxygen atoms in total. The van der Waals surface area contributed by atoms with Crippen molar-refractivity contribution in [2.24, 2.45) is 5.14 Å². The average molecular weight is 293 g/mol. The van der Waals surface area contributed by atoms with Gasteiger partial charge in [-0.1, -0.05) is 0 Å². The predicted molar refractivity (Wildman–Crippen MR) is 70.4 cm³/mol. The molecule has 0 aliphatic heterocycles. The zero-order valence-electron chi connectivity index (χ0n) is 9.75. The van der Waals surface area contributed by atoms with Gasteiger partial charge in [0.05, 0.1) is 22.0 Å². The maximum Gasteiger partial charge on any atom is 0.238 e. The van der Waals surface area contributed by atoms with Gasteiger partial charge in [-0.25, -0.2) is 22.0 Å². The van der Waals surface area contributed by atoms with Gasteiger partial charge in [-0.3, -0.25) is 0 Å². The Morgan fingerprint density at radius 2 is 1.83 bits per heavy atom. The first kappa shape index (κ1) is 14.7. The third-order valence-electron chi connectivity index (χ3n) is 2.14. The minimum Gasteiger partial charge on any atom is -0.397 e. The molecule has 1 aromatic rings. The first-order valence-corrected chi connectivity index (χ1v) is 8.54. The predicted octanol–water partition coefficient (Wildman–Crippen LogP) is -0.627. The molecule has 0 bridgehead atoms. The molecule has 0 aromatic heterocycles. The zero-order chi connectivity index (χ0) is 14.0. The average Bonchev–Trinajstić information content (AvgIpc) is 2.17. The fourth-order valence-electron chi connectivity index (χ4n) is 1.24. The molecule has 0 heterocycles. The molecule has 0 radical (unpaired) electrons. The van der Waals surface area contributed by atoms with Gasteiger partial charge >= 0.3 is 0 Å². The molecule has 0 unspecified atom stereocenters. The molecule has 0 saturated carbocycles. The SMILES string of the molecule is CS(=O)(=O)CCNc1cc(S(N)(=O)=O)ccc1N. The van der Waals surface area contributed by atoms with Gasteiger partial charge in [0.15, 0.2) is 0 Å². The van der Waals surface area contributed by atoms with Crippen LogP contribution in [-0.4, -0.2) is 35.4 Å². The molecule has 1 rings (SSSR count). The molecule has 0 aliphatic carbocycles. The zero-order valence-corrected chi connectivity index (χ0v) is 11.4. The van der Waals surface area contributed by atoms with Gasteiger partial charge < -0.3 is 11.1 Å². The van der Waals surface area contributed by atoms with Crippen LogP contribution in [0.4, 0.5) is 11.4 Å². The fourth-order valence-corrected chi connectivity index (χ4v) is 2.25. The summed E-state index contributed by atoms with van der Waals surface area (Å²) in [5, 5.41) is 7.74. The van der Waals surface area contributed by atoms with Crippen LogP contribution in [0, 0.1) is 0 Å². The third kappa shape index (κ3) is 4.51. The van der Waals surface area contributed by atoms with Crippen LogP contribution in [0.1, 0.15) is 0 Å². The number of nitrogen functional groups attached to an aromatic ring is 1. The van der Waals surface area contributed by atoms with Crippen LogP contribution in [0.15, 0.2) is 23.1 Å². The Morgan fingerprint density at radius 1 is 1.22 bits per heavy atom. The van der Waals surface area contributed by atoms with Gasteiger partial charge in [-0.15, -0.1) is 0 Å². The Balaban J connectivity index is 2.89. The number of rotatable bonds is 5. The number of sulfonamides is 1. The van der Waals surface area contributed by atoms with E-state index in [9.17, 15) is 16.8 Å². The van der Waals surface area contributed by atoms with Crippen LogP contribution in [0.3, 0.4) is 0 Å². The summed E-state index contributed by atoms with van der Waals surface area (Å²) >= 11 is 0. The Hall–Kier alpha value is -1.32. The molecule has 0 saturated heterocycles. The number of nitrogens with one attached hydrogen (secondary N) is 1. The first-order valence-electron chi connectivity index (χ1n) is 4.93. The summed E-state index contributed by atoms with van der Waals surface area (Å²) in [6.45, 7) is 0.136. The Labute approximate surface area is 106 Å². The summed E-state index contributed by atoms with van der Waals surface area (Å²) in [5.41, 5.74) is 6.29. The van der Waals surface area contributed by atoms with Gasteiger partial charge in [0.1, 0.15) is 9.84 Å². The second kappa shape index (κ2) is 5.12. The number of sulfone groups is 1. The first-order chi connectivity index (χ1) is 8.09. The highest BCUT2D eigenvalue weighted by Crippen LogP contribution is 2.21. The number of hydrogen-bond donors (Lipinski definition) is 3. The van der Waals surface area contributed by atoms with Crippen LogP contribution in [0.5, 0.6) is 0 Å². The molecule has 102 valence electrons. The number of nitrogens with two attached hydrogens (primary N) is 2. The molecular weight excluding hydrogens is 278 g/mol. The van der Waals surface area contributed by atoms with E-state index in [1.807, 2.05) is 0 Å². The third-order valence-corrected chi connectivity index (χ3v) is 4.00. The van der Waals surface area contributed by atoms with Crippen molar-refractivity contribution in [3.8, 4) is 0 Å². The summed E-state index contributed by atoms with van der Waals surface area (Å²) in [5.74, 6) is -0.0773. The van der Waals surface area contributed by atoms with E-state index >= 15 is 0 Å². The lowest BCUT2D eigenvalue weighted by atomic mass is 10.2. The molecular formula is C9H15N3O4S2. The van der Waals surface area contributed by atoms with Crippen molar-refractivity contribution in [3.05, 3.63) is 18.2 Å². The molecule has 9 heteroatoms. The second-order valence-corrected chi connectivity index (χ2v) is 7.67. The van der Waals surface area contributed by atoms with Crippen molar-refractivity contribution < 1.29 is 16.8 Å². The number of anilines is 2. The summed E-state index contributed by atoms with van der Waals surface area (Å²) < 4.78 is 44.2.